The maximum absolute atomic E-state index is 11.0. The summed E-state index contributed by atoms with van der Waals surface area (Å²) in [5.41, 5.74) is 0. The van der Waals surface area contributed by atoms with Crippen LogP contribution < -0.4 is 0 Å². The minimum absolute atomic E-state index is 0.202. The molecule has 0 spiro atoms. The molecule has 0 aromatic carbocycles. The van der Waals surface area contributed by atoms with Gasteiger partial charge in [-0.3, -0.25) is 9.59 Å². The fraction of sp³-hybridized carbons (Fsp3) is 0.867. The van der Waals surface area contributed by atoms with Gasteiger partial charge in [-0.15, -0.1) is 0 Å². The average Bonchev–Trinajstić information content (AvgIpc) is 2.65. The zero-order chi connectivity index (χ0) is 15.8. The molecule has 2 fully saturated rings. The number of amides is 2. The Kier molecular flexibility index (Phi) is 7.67. The van der Waals surface area contributed by atoms with Crippen LogP contribution in [0.5, 0.6) is 0 Å². The van der Waals surface area contributed by atoms with Crippen molar-refractivity contribution >= 4 is 11.8 Å². The van der Waals surface area contributed by atoms with Gasteiger partial charge in [-0.2, -0.15) is 0 Å². The van der Waals surface area contributed by atoms with Crippen molar-refractivity contribution in [2.45, 2.75) is 20.3 Å². The maximum atomic E-state index is 11.0. The third kappa shape index (κ3) is 6.91. The third-order valence-electron chi connectivity index (χ3n) is 4.11. The molecule has 0 aliphatic carbocycles. The number of nitrogens with zero attached hydrogens (tertiary/aromatic N) is 4. The molecule has 0 unspecified atom stereocenters. The van der Waals surface area contributed by atoms with Crippen LogP contribution in [0, 0.1) is 0 Å². The molecule has 0 aromatic heterocycles. The molecule has 21 heavy (non-hydrogen) atoms. The van der Waals surface area contributed by atoms with Crippen LogP contribution >= 0.6 is 0 Å². The quantitative estimate of drug-likeness (QED) is 0.629. The highest BCUT2D eigenvalue weighted by Crippen LogP contribution is 2.00. The second-order valence-electron chi connectivity index (χ2n) is 5.97. The van der Waals surface area contributed by atoms with Crippen LogP contribution in [0.1, 0.15) is 20.3 Å². The third-order valence-corrected chi connectivity index (χ3v) is 4.11. The molecular formula is C15H30N4O2. The van der Waals surface area contributed by atoms with Gasteiger partial charge in [0.15, 0.2) is 0 Å². The molecule has 2 aliphatic heterocycles. The van der Waals surface area contributed by atoms with E-state index < -0.39 is 0 Å². The number of hydrogen-bond acceptors (Lipinski definition) is 4. The van der Waals surface area contributed by atoms with Gasteiger partial charge in [0.05, 0.1) is 0 Å². The summed E-state index contributed by atoms with van der Waals surface area (Å²) in [7, 11) is 4.18. The Bertz CT molecular complexity index is 341. The standard InChI is InChI=1S/C8H16N2O.C7H14N2O/c1-8(11)10-5-3-4-9(2)6-7-10;1-7(10)9-5-3-8(2)4-6-9/h3-7H2,1-2H3;3-6H2,1-2H3. The normalized spacial score (nSPS) is 21.3. The molecule has 2 saturated heterocycles. The van der Waals surface area contributed by atoms with Crippen LogP contribution in [0.25, 0.3) is 0 Å². The van der Waals surface area contributed by atoms with E-state index in [0.717, 1.165) is 58.8 Å². The Hall–Kier alpha value is -1.14. The van der Waals surface area contributed by atoms with E-state index >= 15 is 0 Å². The van der Waals surface area contributed by atoms with Gasteiger partial charge in [0.25, 0.3) is 0 Å². The summed E-state index contributed by atoms with van der Waals surface area (Å²) in [4.78, 5) is 30.1. The van der Waals surface area contributed by atoms with Crippen molar-refractivity contribution in [3.8, 4) is 0 Å². The molecule has 6 nitrogen and oxygen atoms in total. The zero-order valence-corrected chi connectivity index (χ0v) is 14.0. The van der Waals surface area contributed by atoms with Gasteiger partial charge >= 0.3 is 0 Å². The number of carbonyl (C=O) groups excluding carboxylic acids is 2. The smallest absolute Gasteiger partial charge is 0.219 e. The molecule has 2 rings (SSSR count). The molecule has 0 aromatic rings. The fourth-order valence-electron chi connectivity index (χ4n) is 2.48. The van der Waals surface area contributed by atoms with Gasteiger partial charge in [0, 0.05) is 59.7 Å². The Balaban J connectivity index is 0.000000211. The van der Waals surface area contributed by atoms with Crippen LogP contribution in [0.3, 0.4) is 0 Å². The van der Waals surface area contributed by atoms with Crippen molar-refractivity contribution in [3.63, 3.8) is 0 Å². The molecule has 122 valence electrons. The summed E-state index contributed by atoms with van der Waals surface area (Å²) < 4.78 is 0. The van der Waals surface area contributed by atoms with Gasteiger partial charge in [-0.05, 0) is 27.1 Å². The van der Waals surface area contributed by atoms with Crippen molar-refractivity contribution in [3.05, 3.63) is 0 Å². The molecule has 0 radical (unpaired) electrons. The van der Waals surface area contributed by atoms with Crippen molar-refractivity contribution in [2.75, 3.05) is 66.5 Å². The largest absolute Gasteiger partial charge is 0.342 e. The molecule has 0 atom stereocenters. The first-order valence-corrected chi connectivity index (χ1v) is 7.78. The van der Waals surface area contributed by atoms with Gasteiger partial charge in [0.1, 0.15) is 0 Å². The summed E-state index contributed by atoms with van der Waals surface area (Å²) >= 11 is 0. The van der Waals surface area contributed by atoms with Crippen LogP contribution in [0.15, 0.2) is 0 Å². The molecule has 6 heteroatoms. The Morgan fingerprint density at radius 3 is 1.43 bits per heavy atom. The second kappa shape index (κ2) is 9.00. The van der Waals surface area contributed by atoms with E-state index in [-0.39, 0.29) is 11.8 Å². The molecule has 0 bridgehead atoms. The van der Waals surface area contributed by atoms with Gasteiger partial charge in [0.2, 0.25) is 11.8 Å². The summed E-state index contributed by atoms with van der Waals surface area (Å²) in [5, 5.41) is 0. The number of rotatable bonds is 0. The Morgan fingerprint density at radius 2 is 1.00 bits per heavy atom. The molecule has 2 amide bonds. The first-order valence-electron chi connectivity index (χ1n) is 7.78. The lowest BCUT2D eigenvalue weighted by Gasteiger charge is -2.31. The minimum atomic E-state index is 0.202. The van der Waals surface area contributed by atoms with E-state index in [1.54, 1.807) is 13.8 Å². The number of carbonyl (C=O) groups is 2. The maximum Gasteiger partial charge on any atom is 0.219 e. The fourth-order valence-corrected chi connectivity index (χ4v) is 2.48. The predicted octanol–water partition coefficient (Wildman–Crippen LogP) is -0.0493. The summed E-state index contributed by atoms with van der Waals surface area (Å²) in [6.45, 7) is 11.0. The van der Waals surface area contributed by atoms with Crippen molar-refractivity contribution < 1.29 is 9.59 Å². The Labute approximate surface area is 128 Å². The number of piperazine rings is 1. The number of likely N-dealkylation sites (N-methyl/N-ethyl adjacent to an activating group) is 2. The molecule has 2 heterocycles. The van der Waals surface area contributed by atoms with Gasteiger partial charge < -0.3 is 19.6 Å². The first kappa shape index (κ1) is 17.9. The highest BCUT2D eigenvalue weighted by Gasteiger charge is 2.15. The SMILES string of the molecule is CC(=O)N1CCCN(C)CC1.CC(=O)N1CCN(C)CC1. The second-order valence-corrected chi connectivity index (χ2v) is 5.97. The van der Waals surface area contributed by atoms with Crippen molar-refractivity contribution in [1.82, 2.24) is 19.6 Å². The van der Waals surface area contributed by atoms with E-state index in [2.05, 4.69) is 23.9 Å². The highest BCUT2D eigenvalue weighted by atomic mass is 16.2. The zero-order valence-electron chi connectivity index (χ0n) is 14.0. The van der Waals surface area contributed by atoms with Crippen molar-refractivity contribution in [2.24, 2.45) is 0 Å². The topological polar surface area (TPSA) is 47.1 Å². The predicted molar refractivity (Wildman–Crippen MR) is 84.1 cm³/mol. The number of hydrogen-bond donors (Lipinski definition) is 0. The molecule has 2 aliphatic rings. The van der Waals surface area contributed by atoms with Gasteiger partial charge in [-0.1, -0.05) is 0 Å². The van der Waals surface area contributed by atoms with E-state index in [1.165, 1.54) is 0 Å². The lowest BCUT2D eigenvalue weighted by molar-refractivity contribution is -0.130. The average molecular weight is 298 g/mol. The molecule has 0 N–H and O–H groups in total. The molecule has 0 saturated carbocycles. The first-order chi connectivity index (χ1) is 9.90. The lowest BCUT2D eigenvalue weighted by Crippen LogP contribution is -2.46. The van der Waals surface area contributed by atoms with Crippen molar-refractivity contribution in [1.29, 1.82) is 0 Å². The van der Waals surface area contributed by atoms with Gasteiger partial charge in [-0.25, -0.2) is 0 Å². The van der Waals surface area contributed by atoms with E-state index in [0.29, 0.717) is 0 Å². The summed E-state index contributed by atoms with van der Waals surface area (Å²) in [6.07, 6.45) is 1.11. The van der Waals surface area contributed by atoms with Crippen LogP contribution in [-0.2, 0) is 9.59 Å². The van der Waals surface area contributed by atoms with Crippen LogP contribution in [0.2, 0.25) is 0 Å². The summed E-state index contributed by atoms with van der Waals surface area (Å²) in [5.74, 6) is 0.411. The van der Waals surface area contributed by atoms with E-state index in [9.17, 15) is 9.59 Å². The highest BCUT2D eigenvalue weighted by molar-refractivity contribution is 5.73. The van der Waals surface area contributed by atoms with Crippen LogP contribution in [0.4, 0.5) is 0 Å². The Morgan fingerprint density at radius 1 is 0.619 bits per heavy atom. The summed E-state index contributed by atoms with van der Waals surface area (Å²) in [6, 6.07) is 0. The minimum Gasteiger partial charge on any atom is -0.342 e. The monoisotopic (exact) mass is 298 g/mol. The molecular weight excluding hydrogens is 268 g/mol. The lowest BCUT2D eigenvalue weighted by atomic mass is 10.3. The van der Waals surface area contributed by atoms with E-state index in [1.807, 2.05) is 9.80 Å². The van der Waals surface area contributed by atoms with Crippen LogP contribution in [-0.4, -0.2) is 97.9 Å². The van der Waals surface area contributed by atoms with E-state index in [4.69, 9.17) is 0 Å².